The highest BCUT2D eigenvalue weighted by molar-refractivity contribution is 5.91. The van der Waals surface area contributed by atoms with Gasteiger partial charge in [-0.2, -0.15) is 0 Å². The molecule has 0 bridgehead atoms. The van der Waals surface area contributed by atoms with Gasteiger partial charge in [0, 0.05) is 0 Å². The first-order valence-corrected chi connectivity index (χ1v) is 8.55. The van der Waals surface area contributed by atoms with Crippen LogP contribution in [0.25, 0.3) is 22.5 Å². The summed E-state index contributed by atoms with van der Waals surface area (Å²) in [7, 11) is 1.34. The summed E-state index contributed by atoms with van der Waals surface area (Å²) in [5.41, 5.74) is 13.3. The molecule has 0 aliphatic heterocycles. The van der Waals surface area contributed by atoms with Gasteiger partial charge in [0.25, 0.3) is 5.56 Å². The van der Waals surface area contributed by atoms with Gasteiger partial charge in [-0.1, -0.05) is 18.2 Å². The van der Waals surface area contributed by atoms with Crippen LogP contribution in [-0.4, -0.2) is 29.7 Å². The first kappa shape index (κ1) is 19.0. The molecule has 8 nitrogen and oxygen atoms in total. The van der Waals surface area contributed by atoms with E-state index in [9.17, 15) is 9.59 Å². The predicted octanol–water partition coefficient (Wildman–Crippen LogP) is 2.45. The maximum atomic E-state index is 11.9. The Morgan fingerprint density at radius 2 is 1.89 bits per heavy atom. The van der Waals surface area contributed by atoms with Crippen molar-refractivity contribution in [1.29, 1.82) is 0 Å². The SMILES string of the molecule is CCOc1cc(-c2cccc(C(=O)OC)c2)ccc1-c1nc(N)c(N)c(=O)[nH]1. The van der Waals surface area contributed by atoms with Crippen LogP contribution in [0.2, 0.25) is 0 Å². The Morgan fingerprint density at radius 1 is 1.14 bits per heavy atom. The van der Waals surface area contributed by atoms with E-state index < -0.39 is 11.5 Å². The van der Waals surface area contributed by atoms with Gasteiger partial charge in [-0.05, 0) is 42.3 Å². The lowest BCUT2D eigenvalue weighted by Crippen LogP contribution is -2.17. The number of nitrogens with two attached hydrogens (primary N) is 2. The number of carbonyl (C=O) groups excluding carboxylic acids is 1. The molecule has 28 heavy (non-hydrogen) atoms. The number of aromatic nitrogens is 2. The van der Waals surface area contributed by atoms with E-state index in [2.05, 4.69) is 9.97 Å². The third-order valence-electron chi connectivity index (χ3n) is 4.14. The zero-order chi connectivity index (χ0) is 20.3. The van der Waals surface area contributed by atoms with Crippen LogP contribution < -0.4 is 21.8 Å². The fraction of sp³-hybridized carbons (Fsp3) is 0.150. The van der Waals surface area contributed by atoms with Gasteiger partial charge in [0.15, 0.2) is 5.82 Å². The molecule has 8 heteroatoms. The van der Waals surface area contributed by atoms with Crippen LogP contribution in [0.5, 0.6) is 5.75 Å². The molecule has 3 aromatic rings. The fourth-order valence-electron chi connectivity index (χ4n) is 2.74. The Balaban J connectivity index is 2.10. The quantitative estimate of drug-likeness (QED) is 0.579. The predicted molar refractivity (Wildman–Crippen MR) is 107 cm³/mol. The Morgan fingerprint density at radius 3 is 2.57 bits per heavy atom. The van der Waals surface area contributed by atoms with Crippen molar-refractivity contribution in [3.8, 4) is 28.3 Å². The highest BCUT2D eigenvalue weighted by Crippen LogP contribution is 2.33. The van der Waals surface area contributed by atoms with Crippen LogP contribution in [0.3, 0.4) is 0 Å². The topological polar surface area (TPSA) is 133 Å². The Kier molecular flexibility index (Phi) is 5.30. The van der Waals surface area contributed by atoms with Gasteiger partial charge in [-0.3, -0.25) is 4.79 Å². The second-order valence-corrected chi connectivity index (χ2v) is 5.93. The van der Waals surface area contributed by atoms with Crippen molar-refractivity contribution in [2.75, 3.05) is 25.2 Å². The molecular weight excluding hydrogens is 360 g/mol. The molecule has 0 amide bonds. The summed E-state index contributed by atoms with van der Waals surface area (Å²) in [6, 6.07) is 12.5. The van der Waals surface area contributed by atoms with E-state index >= 15 is 0 Å². The number of nitrogens with one attached hydrogen (secondary N) is 1. The molecule has 0 radical (unpaired) electrons. The summed E-state index contributed by atoms with van der Waals surface area (Å²) < 4.78 is 10.5. The molecule has 5 N–H and O–H groups in total. The lowest BCUT2D eigenvalue weighted by Gasteiger charge is -2.13. The van der Waals surface area contributed by atoms with E-state index in [4.69, 9.17) is 20.9 Å². The lowest BCUT2D eigenvalue weighted by molar-refractivity contribution is 0.0601. The highest BCUT2D eigenvalue weighted by atomic mass is 16.5. The van der Waals surface area contributed by atoms with Crippen LogP contribution in [0, 0.1) is 0 Å². The lowest BCUT2D eigenvalue weighted by atomic mass is 10.0. The number of H-pyrrole nitrogens is 1. The maximum Gasteiger partial charge on any atom is 0.337 e. The van der Waals surface area contributed by atoms with E-state index in [1.807, 2.05) is 25.1 Å². The first-order chi connectivity index (χ1) is 13.4. The van der Waals surface area contributed by atoms with Crippen LogP contribution >= 0.6 is 0 Å². The van der Waals surface area contributed by atoms with E-state index in [1.54, 1.807) is 24.3 Å². The molecule has 0 spiro atoms. The third kappa shape index (κ3) is 3.66. The van der Waals surface area contributed by atoms with Crippen LogP contribution in [0.15, 0.2) is 47.3 Å². The average molecular weight is 380 g/mol. The zero-order valence-electron chi connectivity index (χ0n) is 15.5. The number of rotatable bonds is 5. The Labute approximate surface area is 161 Å². The molecule has 2 aromatic carbocycles. The van der Waals surface area contributed by atoms with Crippen molar-refractivity contribution in [3.05, 3.63) is 58.4 Å². The van der Waals surface area contributed by atoms with Crippen molar-refractivity contribution in [2.45, 2.75) is 6.92 Å². The first-order valence-electron chi connectivity index (χ1n) is 8.55. The maximum absolute atomic E-state index is 11.9. The smallest absolute Gasteiger partial charge is 0.337 e. The van der Waals surface area contributed by atoms with Crippen LogP contribution in [-0.2, 0) is 4.74 Å². The molecule has 1 aromatic heterocycles. The van der Waals surface area contributed by atoms with Crippen LogP contribution in [0.1, 0.15) is 17.3 Å². The molecule has 0 saturated carbocycles. The summed E-state index contributed by atoms with van der Waals surface area (Å²) in [5.74, 6) is 0.310. The third-order valence-corrected chi connectivity index (χ3v) is 4.14. The molecule has 0 saturated heterocycles. The van der Waals surface area contributed by atoms with Crippen molar-refractivity contribution < 1.29 is 14.3 Å². The van der Waals surface area contributed by atoms with Gasteiger partial charge in [-0.15, -0.1) is 0 Å². The van der Waals surface area contributed by atoms with Gasteiger partial charge in [0.2, 0.25) is 0 Å². The van der Waals surface area contributed by atoms with Gasteiger partial charge < -0.3 is 25.9 Å². The molecule has 0 fully saturated rings. The molecular formula is C20H20N4O4. The number of esters is 1. The summed E-state index contributed by atoms with van der Waals surface area (Å²) in [4.78, 5) is 30.5. The second-order valence-electron chi connectivity index (χ2n) is 5.93. The van der Waals surface area contributed by atoms with E-state index in [1.165, 1.54) is 7.11 Å². The summed E-state index contributed by atoms with van der Waals surface area (Å²) in [6.07, 6.45) is 0. The van der Waals surface area contributed by atoms with E-state index in [0.717, 1.165) is 11.1 Å². The molecule has 3 rings (SSSR count). The standard InChI is InChI=1S/C20H20N4O4/c1-3-28-15-10-12(11-5-4-6-13(9-11)20(26)27-2)7-8-14(15)18-23-17(22)16(21)19(25)24-18/h4-10H,3,21H2,1-2H3,(H3,22,23,24,25). The number of hydrogen-bond acceptors (Lipinski definition) is 7. The molecule has 0 aliphatic rings. The van der Waals surface area contributed by atoms with Gasteiger partial charge in [0.1, 0.15) is 17.3 Å². The van der Waals surface area contributed by atoms with Crippen molar-refractivity contribution in [2.24, 2.45) is 0 Å². The fourth-order valence-corrected chi connectivity index (χ4v) is 2.74. The molecule has 0 unspecified atom stereocenters. The minimum Gasteiger partial charge on any atom is -0.493 e. The summed E-state index contributed by atoms with van der Waals surface area (Å²) in [5, 5.41) is 0. The molecule has 0 atom stereocenters. The number of aromatic amines is 1. The number of ether oxygens (including phenoxy) is 2. The van der Waals surface area contributed by atoms with Gasteiger partial charge in [-0.25, -0.2) is 9.78 Å². The largest absolute Gasteiger partial charge is 0.493 e. The van der Waals surface area contributed by atoms with E-state index in [-0.39, 0.29) is 17.3 Å². The highest BCUT2D eigenvalue weighted by Gasteiger charge is 2.14. The normalized spacial score (nSPS) is 10.5. The van der Waals surface area contributed by atoms with Gasteiger partial charge in [0.05, 0.1) is 24.8 Å². The number of carbonyl (C=O) groups is 1. The van der Waals surface area contributed by atoms with Crippen molar-refractivity contribution >= 4 is 17.5 Å². The number of hydrogen-bond donors (Lipinski definition) is 3. The van der Waals surface area contributed by atoms with E-state index in [0.29, 0.717) is 23.5 Å². The number of nitrogens with zero attached hydrogens (tertiary/aromatic N) is 1. The van der Waals surface area contributed by atoms with Crippen LogP contribution in [0.4, 0.5) is 11.5 Å². The second kappa shape index (κ2) is 7.83. The average Bonchev–Trinajstić information content (AvgIpc) is 2.71. The minimum atomic E-state index is -0.514. The minimum absolute atomic E-state index is 0.0453. The monoisotopic (exact) mass is 380 g/mol. The number of nitrogen functional groups attached to an aromatic ring is 2. The Hall–Kier alpha value is -3.81. The van der Waals surface area contributed by atoms with Gasteiger partial charge >= 0.3 is 5.97 Å². The summed E-state index contributed by atoms with van der Waals surface area (Å²) >= 11 is 0. The zero-order valence-corrected chi connectivity index (χ0v) is 15.5. The number of benzene rings is 2. The summed E-state index contributed by atoms with van der Waals surface area (Å²) in [6.45, 7) is 2.26. The molecule has 1 heterocycles. The number of anilines is 2. The van der Waals surface area contributed by atoms with Crippen molar-refractivity contribution in [3.63, 3.8) is 0 Å². The Bertz CT molecular complexity index is 1090. The van der Waals surface area contributed by atoms with Crippen molar-refractivity contribution in [1.82, 2.24) is 9.97 Å². The molecule has 144 valence electrons. The molecule has 0 aliphatic carbocycles. The number of methoxy groups -OCH3 is 1.